The number of Topliss-reactive ketones (excluding diaryl/α,β-unsaturated/α-hetero) is 1. The zero-order valence-electron chi connectivity index (χ0n) is 16.8. The van der Waals surface area contributed by atoms with Crippen molar-refractivity contribution in [1.82, 2.24) is 0 Å². The first-order valence-corrected chi connectivity index (χ1v) is 9.05. The van der Waals surface area contributed by atoms with Crippen LogP contribution in [0.1, 0.15) is 53.7 Å². The summed E-state index contributed by atoms with van der Waals surface area (Å²) >= 11 is 0. The molecule has 0 aromatic heterocycles. The molecule has 1 atom stereocenters. The first-order valence-electron chi connectivity index (χ1n) is 9.05. The molecule has 1 unspecified atom stereocenters. The summed E-state index contributed by atoms with van der Waals surface area (Å²) in [5, 5.41) is 0. The maximum atomic E-state index is 13.2. The quantitative estimate of drug-likeness (QED) is 0.684. The predicted octanol–water partition coefficient (Wildman–Crippen LogP) is 5.18. The average Bonchev–Trinajstić information content (AvgIpc) is 2.65. The van der Waals surface area contributed by atoms with E-state index in [1.165, 1.54) is 0 Å². The molecule has 0 amide bonds. The summed E-state index contributed by atoms with van der Waals surface area (Å²) in [4.78, 5) is 13.2. The number of rotatable bonds is 5. The van der Waals surface area contributed by atoms with Crippen molar-refractivity contribution < 1.29 is 19.0 Å². The molecule has 2 aromatic rings. The van der Waals surface area contributed by atoms with Gasteiger partial charge in [0.2, 0.25) is 0 Å². The number of benzene rings is 2. The van der Waals surface area contributed by atoms with Gasteiger partial charge in [-0.25, -0.2) is 0 Å². The van der Waals surface area contributed by atoms with Crippen LogP contribution in [0.5, 0.6) is 17.2 Å². The van der Waals surface area contributed by atoms with E-state index in [9.17, 15) is 4.79 Å². The lowest BCUT2D eigenvalue weighted by Gasteiger charge is -2.29. The molecule has 0 bridgehead atoms. The Morgan fingerprint density at radius 1 is 1.11 bits per heavy atom. The Morgan fingerprint density at radius 2 is 1.85 bits per heavy atom. The summed E-state index contributed by atoms with van der Waals surface area (Å²) in [7, 11) is 3.22. The van der Waals surface area contributed by atoms with Crippen LogP contribution < -0.4 is 14.2 Å². The van der Waals surface area contributed by atoms with Gasteiger partial charge in [-0.05, 0) is 62.2 Å². The van der Waals surface area contributed by atoms with Crippen molar-refractivity contribution >= 4 is 11.9 Å². The Hall–Kier alpha value is -2.75. The number of hydrogen-bond acceptors (Lipinski definition) is 4. The molecule has 2 aromatic carbocycles. The normalized spacial score (nSPS) is 15.5. The number of ether oxygens (including phenoxy) is 3. The van der Waals surface area contributed by atoms with E-state index in [4.69, 9.17) is 14.2 Å². The van der Waals surface area contributed by atoms with Gasteiger partial charge in [0.25, 0.3) is 0 Å². The molecule has 1 heterocycles. The topological polar surface area (TPSA) is 44.8 Å². The Labute approximate surface area is 160 Å². The molecule has 0 aliphatic carbocycles. The number of methoxy groups -OCH3 is 2. The van der Waals surface area contributed by atoms with Crippen molar-refractivity contribution in [3.8, 4) is 17.2 Å². The minimum atomic E-state index is -0.380. The van der Waals surface area contributed by atoms with Crippen molar-refractivity contribution in [2.24, 2.45) is 0 Å². The van der Waals surface area contributed by atoms with Crippen LogP contribution in [0.25, 0.3) is 6.08 Å². The van der Waals surface area contributed by atoms with Gasteiger partial charge < -0.3 is 14.2 Å². The number of fused-ring (bicyclic) bond motifs is 1. The van der Waals surface area contributed by atoms with Gasteiger partial charge >= 0.3 is 0 Å². The fourth-order valence-electron chi connectivity index (χ4n) is 3.33. The van der Waals surface area contributed by atoms with E-state index in [0.717, 1.165) is 28.2 Å². The third-order valence-electron chi connectivity index (χ3n) is 4.98. The van der Waals surface area contributed by atoms with Crippen molar-refractivity contribution in [1.29, 1.82) is 0 Å². The highest BCUT2D eigenvalue weighted by atomic mass is 16.5. The Morgan fingerprint density at radius 3 is 2.52 bits per heavy atom. The average molecular weight is 366 g/mol. The highest BCUT2D eigenvalue weighted by Gasteiger charge is 2.28. The molecule has 142 valence electrons. The van der Waals surface area contributed by atoms with Gasteiger partial charge in [0.1, 0.15) is 22.8 Å². The monoisotopic (exact) mass is 366 g/mol. The molecule has 3 rings (SSSR count). The van der Waals surface area contributed by atoms with E-state index >= 15 is 0 Å². The molecule has 1 aliphatic heterocycles. The molecule has 0 N–H and O–H groups in total. The summed E-state index contributed by atoms with van der Waals surface area (Å²) in [6, 6.07) is 9.50. The Bertz CT molecular complexity index is 909. The predicted molar refractivity (Wildman–Crippen MR) is 107 cm³/mol. The third-order valence-corrected chi connectivity index (χ3v) is 4.98. The lowest BCUT2D eigenvalue weighted by atomic mass is 9.89. The van der Waals surface area contributed by atoms with E-state index in [1.807, 2.05) is 64.1 Å². The smallest absolute Gasteiger partial charge is 0.173 e. The van der Waals surface area contributed by atoms with Crippen LogP contribution in [0.15, 0.2) is 36.4 Å². The van der Waals surface area contributed by atoms with Gasteiger partial charge in [-0.3, -0.25) is 4.79 Å². The SMILES string of the molecule is COc1cc(C(C)C(=O)c2ccc3c(c2OC)C=CC(C)(C)O3)ccc1C. The first kappa shape index (κ1) is 19.0. The lowest BCUT2D eigenvalue weighted by Crippen LogP contribution is -2.27. The van der Waals surface area contributed by atoms with Gasteiger partial charge in [0.15, 0.2) is 5.78 Å². The van der Waals surface area contributed by atoms with E-state index in [2.05, 4.69) is 0 Å². The second kappa shape index (κ2) is 7.10. The van der Waals surface area contributed by atoms with E-state index in [-0.39, 0.29) is 17.3 Å². The molecular formula is C23H26O4. The minimum Gasteiger partial charge on any atom is -0.496 e. The summed E-state index contributed by atoms with van der Waals surface area (Å²) < 4.78 is 17.0. The van der Waals surface area contributed by atoms with Crippen molar-refractivity contribution in [2.45, 2.75) is 39.2 Å². The number of aryl methyl sites for hydroxylation is 1. The maximum Gasteiger partial charge on any atom is 0.173 e. The second-order valence-electron chi connectivity index (χ2n) is 7.41. The van der Waals surface area contributed by atoms with Crippen molar-refractivity contribution in [2.75, 3.05) is 14.2 Å². The number of hydrogen-bond donors (Lipinski definition) is 0. The fourth-order valence-corrected chi connectivity index (χ4v) is 3.33. The van der Waals surface area contributed by atoms with Crippen LogP contribution in [0, 0.1) is 6.92 Å². The zero-order chi connectivity index (χ0) is 19.8. The molecule has 1 aliphatic rings. The first-order chi connectivity index (χ1) is 12.8. The molecule has 4 heteroatoms. The highest BCUT2D eigenvalue weighted by Crippen LogP contribution is 2.40. The maximum absolute atomic E-state index is 13.2. The van der Waals surface area contributed by atoms with Crippen LogP contribution in [0.4, 0.5) is 0 Å². The number of ketones is 1. The summed E-state index contributed by atoms with van der Waals surface area (Å²) in [6.07, 6.45) is 3.94. The van der Waals surface area contributed by atoms with Crippen molar-refractivity contribution in [3.05, 3.63) is 58.7 Å². The highest BCUT2D eigenvalue weighted by molar-refractivity contribution is 6.04. The molecule has 0 radical (unpaired) electrons. The largest absolute Gasteiger partial charge is 0.496 e. The Balaban J connectivity index is 2.00. The Kier molecular flexibility index (Phi) is 5.01. The lowest BCUT2D eigenvalue weighted by molar-refractivity contribution is 0.0962. The van der Waals surface area contributed by atoms with Gasteiger partial charge in [-0.1, -0.05) is 19.1 Å². The molecule has 0 fully saturated rings. The van der Waals surface area contributed by atoms with E-state index in [0.29, 0.717) is 11.3 Å². The number of carbonyl (C=O) groups is 1. The van der Waals surface area contributed by atoms with Crippen molar-refractivity contribution in [3.63, 3.8) is 0 Å². The van der Waals surface area contributed by atoms with Crippen LogP contribution in [-0.4, -0.2) is 25.6 Å². The van der Waals surface area contributed by atoms with Gasteiger partial charge in [-0.2, -0.15) is 0 Å². The van der Waals surface area contributed by atoms with Crippen LogP contribution >= 0.6 is 0 Å². The van der Waals surface area contributed by atoms with E-state index in [1.54, 1.807) is 20.3 Å². The van der Waals surface area contributed by atoms with Crippen LogP contribution in [-0.2, 0) is 0 Å². The fraction of sp³-hybridized carbons (Fsp3) is 0.348. The summed E-state index contributed by atoms with van der Waals surface area (Å²) in [5.74, 6) is 1.73. The minimum absolute atomic E-state index is 0.00112. The molecular weight excluding hydrogens is 340 g/mol. The third kappa shape index (κ3) is 3.57. The summed E-state index contributed by atoms with van der Waals surface area (Å²) in [6.45, 7) is 7.87. The van der Waals surface area contributed by atoms with Crippen LogP contribution in [0.2, 0.25) is 0 Å². The molecule has 27 heavy (non-hydrogen) atoms. The van der Waals surface area contributed by atoms with E-state index < -0.39 is 0 Å². The summed E-state index contributed by atoms with van der Waals surface area (Å²) in [5.41, 5.74) is 2.93. The number of carbonyl (C=O) groups excluding carboxylic acids is 1. The molecule has 0 spiro atoms. The molecule has 4 nitrogen and oxygen atoms in total. The van der Waals surface area contributed by atoms with Gasteiger partial charge in [0.05, 0.1) is 25.3 Å². The van der Waals surface area contributed by atoms with Crippen LogP contribution in [0.3, 0.4) is 0 Å². The zero-order valence-corrected chi connectivity index (χ0v) is 16.8. The molecule has 0 saturated heterocycles. The molecule has 0 saturated carbocycles. The van der Waals surface area contributed by atoms with Gasteiger partial charge in [-0.15, -0.1) is 0 Å². The van der Waals surface area contributed by atoms with Gasteiger partial charge in [0, 0.05) is 5.92 Å². The second-order valence-corrected chi connectivity index (χ2v) is 7.41. The standard InChI is InChI=1S/C23H26O4/c1-14-7-8-16(13-20(14)25-5)15(2)21(24)18-9-10-19-17(22(18)26-6)11-12-23(3,4)27-19/h7-13,15H,1-6H3.